The van der Waals surface area contributed by atoms with E-state index in [1.165, 1.54) is 140 Å². The van der Waals surface area contributed by atoms with Crippen LogP contribution in [0.3, 0.4) is 0 Å². The van der Waals surface area contributed by atoms with Gasteiger partial charge in [-0.05, 0) is 31.9 Å². The smallest absolute Gasteiger partial charge is 0.306 e. The Morgan fingerprint density at radius 3 is 1.75 bits per heavy atom. The van der Waals surface area contributed by atoms with Crippen LogP contribution in [0.2, 0.25) is 0 Å². The van der Waals surface area contributed by atoms with Crippen molar-refractivity contribution in [2.75, 3.05) is 36.9 Å². The minimum atomic E-state index is -0.751. The molecule has 3 rings (SSSR count). The average molecular weight is 952 g/mol. The van der Waals surface area contributed by atoms with Crippen molar-refractivity contribution in [1.82, 2.24) is 25.2 Å². The summed E-state index contributed by atoms with van der Waals surface area (Å²) in [6.07, 6.45) is 33.1. The summed E-state index contributed by atoms with van der Waals surface area (Å²) >= 11 is 1.44. The van der Waals surface area contributed by atoms with Crippen molar-refractivity contribution in [2.45, 2.75) is 232 Å². The second kappa shape index (κ2) is 37.5. The lowest BCUT2D eigenvalue weighted by Gasteiger charge is -2.19. The van der Waals surface area contributed by atoms with Crippen LogP contribution >= 0.6 is 11.8 Å². The molecule has 2 atom stereocenters. The number of benzene rings is 1. The number of hydrogen-bond acceptors (Lipinski definition) is 11. The van der Waals surface area contributed by atoms with Crippen LogP contribution in [-0.2, 0) is 36.9 Å². The van der Waals surface area contributed by atoms with Crippen LogP contribution in [-0.4, -0.2) is 75.7 Å². The highest BCUT2D eigenvalue weighted by atomic mass is 32.2. The van der Waals surface area contributed by atoms with E-state index in [4.69, 9.17) is 25.9 Å². The van der Waals surface area contributed by atoms with Gasteiger partial charge in [0.2, 0.25) is 5.91 Å². The Morgan fingerprint density at radius 1 is 0.672 bits per heavy atom. The molecule has 0 saturated heterocycles. The molecule has 0 radical (unpaired) electrons. The van der Waals surface area contributed by atoms with Gasteiger partial charge in [0.1, 0.15) is 24.1 Å². The molecule has 0 aliphatic heterocycles. The van der Waals surface area contributed by atoms with E-state index in [9.17, 15) is 14.4 Å². The molecule has 2 aromatic heterocycles. The highest BCUT2D eigenvalue weighted by Crippen LogP contribution is 2.29. The van der Waals surface area contributed by atoms with Gasteiger partial charge in [-0.15, -0.1) is 0 Å². The number of para-hydroxylation sites is 1. The first-order valence-corrected chi connectivity index (χ1v) is 28.1. The zero-order valence-electron chi connectivity index (χ0n) is 42.4. The quantitative estimate of drug-likeness (QED) is 0.0314. The summed E-state index contributed by atoms with van der Waals surface area (Å²) in [5, 5.41) is 7.36. The summed E-state index contributed by atoms with van der Waals surface area (Å²) < 4.78 is 13.7. The van der Waals surface area contributed by atoms with Gasteiger partial charge in [-0.3, -0.25) is 14.4 Å². The first-order chi connectivity index (χ1) is 32.8. The molecule has 0 saturated carbocycles. The maximum absolute atomic E-state index is 13.1. The SMILES string of the molecule is CCCCCCCCCCCCCCCC(=O)OCC(CSC[C@H](N)C(=O)NCCCn1c(CNCC)nc2c(N)nc3ccccc3c21)OC(=O)CCCCCCCCCCCCCCC. The number of imidazole rings is 1. The van der Waals surface area contributed by atoms with Crippen LogP contribution in [0.25, 0.3) is 21.9 Å². The lowest BCUT2D eigenvalue weighted by atomic mass is 10.0. The van der Waals surface area contributed by atoms with E-state index in [0.29, 0.717) is 61.7 Å². The number of pyridine rings is 1. The summed E-state index contributed by atoms with van der Waals surface area (Å²) in [5.74, 6) is 1.22. The number of nitrogens with zero attached hydrogens (tertiary/aromatic N) is 3. The molecule has 1 unspecified atom stereocenters. The topological polar surface area (TPSA) is 176 Å². The number of aryl methyl sites for hydroxylation is 1. The Bertz CT molecular complexity index is 1770. The average Bonchev–Trinajstić information content (AvgIpc) is 3.70. The molecule has 2 heterocycles. The molecule has 0 aliphatic carbocycles. The number of carbonyl (C=O) groups excluding carboxylic acids is 3. The molecule has 0 aliphatic rings. The van der Waals surface area contributed by atoms with E-state index in [1.54, 1.807) is 0 Å². The molecule has 12 nitrogen and oxygen atoms in total. The number of nitrogens with two attached hydrogens (primary N) is 2. The number of nitrogen functional groups attached to an aromatic ring is 1. The number of fused-ring (bicyclic) bond motifs is 3. The van der Waals surface area contributed by atoms with Gasteiger partial charge in [0.25, 0.3) is 0 Å². The van der Waals surface area contributed by atoms with Crippen LogP contribution in [0.15, 0.2) is 24.3 Å². The maximum Gasteiger partial charge on any atom is 0.306 e. The largest absolute Gasteiger partial charge is 0.462 e. The van der Waals surface area contributed by atoms with Gasteiger partial charge in [0, 0.05) is 42.8 Å². The third-order valence-electron chi connectivity index (χ3n) is 12.7. The van der Waals surface area contributed by atoms with Gasteiger partial charge in [0.15, 0.2) is 5.82 Å². The van der Waals surface area contributed by atoms with Gasteiger partial charge >= 0.3 is 11.9 Å². The molecule has 13 heteroatoms. The molecule has 0 fully saturated rings. The van der Waals surface area contributed by atoms with Gasteiger partial charge in [-0.25, -0.2) is 9.97 Å². The van der Waals surface area contributed by atoms with Crippen LogP contribution < -0.4 is 22.1 Å². The van der Waals surface area contributed by atoms with E-state index >= 15 is 0 Å². The Morgan fingerprint density at radius 2 is 1.19 bits per heavy atom. The minimum absolute atomic E-state index is 0.00571. The number of hydrogen-bond donors (Lipinski definition) is 4. The number of carbonyl (C=O) groups is 3. The monoisotopic (exact) mass is 952 g/mol. The molecular formula is C54H93N7O5S. The standard InChI is InChI=1S/C54H93N7O5S/c1-4-7-9-11-13-15-17-19-21-23-25-27-29-36-49(62)65-41-44(66-50(63)37-30-28-26-24-22-20-18-16-14-12-10-8-5-2)42-67-43-46(55)54(64)58-38-33-39-61-48(40-57-6-3)60-51-52(61)45-34-31-32-35-47(45)59-53(51)56/h31-32,34-35,44,46,57H,4-30,33,36-43,55H2,1-3H3,(H2,56,59)(H,58,64)/t44?,46-/m0/s1. The van der Waals surface area contributed by atoms with Crippen LogP contribution in [0, 0.1) is 0 Å². The van der Waals surface area contributed by atoms with E-state index in [2.05, 4.69) is 41.0 Å². The predicted octanol–water partition coefficient (Wildman–Crippen LogP) is 12.3. The molecule has 6 N–H and O–H groups in total. The van der Waals surface area contributed by atoms with Gasteiger partial charge < -0.3 is 36.1 Å². The number of nitrogens with one attached hydrogen (secondary N) is 2. The van der Waals surface area contributed by atoms with E-state index in [0.717, 1.165) is 67.3 Å². The minimum Gasteiger partial charge on any atom is -0.462 e. The first-order valence-electron chi connectivity index (χ1n) is 27.0. The molecule has 1 aromatic carbocycles. The van der Waals surface area contributed by atoms with Crippen LogP contribution in [0.4, 0.5) is 5.82 Å². The fourth-order valence-corrected chi connectivity index (χ4v) is 9.66. The van der Waals surface area contributed by atoms with Crippen LogP contribution in [0.5, 0.6) is 0 Å². The summed E-state index contributed by atoms with van der Waals surface area (Å²) in [6.45, 7) is 9.03. The fourth-order valence-electron chi connectivity index (χ4n) is 8.69. The highest BCUT2D eigenvalue weighted by molar-refractivity contribution is 7.99. The number of rotatable bonds is 43. The van der Waals surface area contributed by atoms with Gasteiger partial charge in [-0.2, -0.15) is 11.8 Å². The molecule has 380 valence electrons. The normalized spacial score (nSPS) is 12.5. The van der Waals surface area contributed by atoms with Crippen molar-refractivity contribution in [3.63, 3.8) is 0 Å². The Kier molecular flexibility index (Phi) is 32.4. The molecule has 0 spiro atoms. The van der Waals surface area contributed by atoms with Gasteiger partial charge in [0.05, 0.1) is 23.6 Å². The Labute approximate surface area is 409 Å². The number of aromatic nitrogens is 3. The van der Waals surface area contributed by atoms with Gasteiger partial charge in [-0.1, -0.05) is 193 Å². The third kappa shape index (κ3) is 25.1. The van der Waals surface area contributed by atoms with Crippen molar-refractivity contribution in [1.29, 1.82) is 0 Å². The number of amides is 1. The van der Waals surface area contributed by atoms with Crippen molar-refractivity contribution in [3.05, 3.63) is 30.1 Å². The summed E-state index contributed by atoms with van der Waals surface area (Å²) in [7, 11) is 0. The summed E-state index contributed by atoms with van der Waals surface area (Å²) in [6, 6.07) is 7.17. The van der Waals surface area contributed by atoms with E-state index in [-0.39, 0.29) is 24.5 Å². The lowest BCUT2D eigenvalue weighted by molar-refractivity contribution is -0.157. The number of thioether (sulfide) groups is 1. The molecule has 1 amide bonds. The molecule has 3 aromatic rings. The number of ether oxygens (including phenoxy) is 2. The van der Waals surface area contributed by atoms with E-state index < -0.39 is 12.1 Å². The second-order valence-corrected chi connectivity index (χ2v) is 19.8. The second-order valence-electron chi connectivity index (χ2n) is 18.7. The predicted molar refractivity (Wildman–Crippen MR) is 281 cm³/mol. The van der Waals surface area contributed by atoms with Crippen molar-refractivity contribution < 1.29 is 23.9 Å². The zero-order chi connectivity index (χ0) is 48.2. The highest BCUT2D eigenvalue weighted by Gasteiger charge is 2.21. The third-order valence-corrected chi connectivity index (χ3v) is 13.9. The lowest BCUT2D eigenvalue weighted by Crippen LogP contribution is -2.43. The maximum atomic E-state index is 13.1. The Hall–Kier alpha value is -3.42. The number of esters is 2. The number of unbranched alkanes of at least 4 members (excludes halogenated alkanes) is 24. The summed E-state index contributed by atoms with van der Waals surface area (Å²) in [5.41, 5.74) is 15.2. The number of anilines is 1. The molecular weight excluding hydrogens is 859 g/mol. The Balaban J connectivity index is 1.40. The summed E-state index contributed by atoms with van der Waals surface area (Å²) in [4.78, 5) is 48.3. The molecule has 0 bridgehead atoms. The van der Waals surface area contributed by atoms with Crippen LogP contribution in [0.1, 0.15) is 213 Å². The van der Waals surface area contributed by atoms with E-state index in [1.807, 2.05) is 24.3 Å². The van der Waals surface area contributed by atoms with Crippen molar-refractivity contribution in [3.8, 4) is 0 Å². The fraction of sp³-hybridized carbons (Fsp3) is 0.759. The zero-order valence-corrected chi connectivity index (χ0v) is 43.2. The van der Waals surface area contributed by atoms with Crippen molar-refractivity contribution in [2.24, 2.45) is 5.73 Å². The molecule has 67 heavy (non-hydrogen) atoms. The first kappa shape index (κ1) is 57.9. The van der Waals surface area contributed by atoms with Crippen molar-refractivity contribution >= 4 is 57.4 Å².